The number of hydrazine groups is 1. The van der Waals surface area contributed by atoms with E-state index in [9.17, 15) is 24.3 Å². The number of Topliss-reactive ketones (excluding diaryl/α,β-unsaturated/α-hetero) is 2. The number of imidazole rings is 1. The zero-order valence-corrected chi connectivity index (χ0v) is 37.3. The second-order valence-corrected chi connectivity index (χ2v) is 17.8. The molecule has 3 aliphatic heterocycles. The molecule has 0 bridgehead atoms. The number of cyclic esters (lactones) is 1. The van der Waals surface area contributed by atoms with Gasteiger partial charge < -0.3 is 44.0 Å². The first kappa shape index (κ1) is 47.1. The smallest absolute Gasteiger partial charge is 0.425 e. The van der Waals surface area contributed by atoms with Crippen LogP contribution in [0.4, 0.5) is 10.5 Å². The molecule has 1 aromatic carbocycles. The number of aromatic nitrogens is 2. The second-order valence-electron chi connectivity index (χ2n) is 17.8. The number of ketones is 2. The van der Waals surface area contributed by atoms with Crippen LogP contribution in [0.15, 0.2) is 36.8 Å². The van der Waals surface area contributed by atoms with Gasteiger partial charge in [0.15, 0.2) is 17.7 Å². The SMILES string of the molecule is CCC1OC(=O)[C@H](C)C(=O)[C@H](C)[C@@H](O[C@@H]2O[C@H](C)C[C@H](N(C)C)[C@H]2O)[C@](C)(OC)C[C@@H](C)C(=O)[C@H](C)[C@H]2N(NCCCCn3cnc(-c4ccc(N)cc4)c3)C(=O)O[C@]12C. The predicted octanol–water partition coefficient (Wildman–Crippen LogP) is 4.62. The molecule has 1 amide bonds. The molecule has 5 rings (SSSR count). The maximum absolute atomic E-state index is 14.7. The number of carbonyl (C=O) groups excluding carboxylic acids is 4. The Morgan fingerprint density at radius 1 is 1.02 bits per heavy atom. The second kappa shape index (κ2) is 19.4. The Balaban J connectivity index is 1.39. The maximum Gasteiger partial charge on any atom is 0.425 e. The summed E-state index contributed by atoms with van der Waals surface area (Å²) in [6.45, 7) is 14.9. The fourth-order valence-corrected chi connectivity index (χ4v) is 9.44. The maximum atomic E-state index is 14.7. The summed E-state index contributed by atoms with van der Waals surface area (Å²) in [7, 11) is 5.23. The van der Waals surface area contributed by atoms with Gasteiger partial charge in [0.25, 0.3) is 0 Å². The fourth-order valence-electron chi connectivity index (χ4n) is 9.44. The summed E-state index contributed by atoms with van der Waals surface area (Å²) in [4.78, 5) is 63.2. The lowest BCUT2D eigenvalue weighted by Crippen LogP contribution is -2.61. The first-order valence-electron chi connectivity index (χ1n) is 21.4. The molecule has 334 valence electrons. The number of benzene rings is 1. The van der Waals surface area contributed by atoms with E-state index in [1.54, 1.807) is 47.9 Å². The number of nitrogen functional groups attached to an aromatic ring is 1. The molecule has 1 aromatic heterocycles. The van der Waals surface area contributed by atoms with Gasteiger partial charge in [-0.15, -0.1) is 0 Å². The van der Waals surface area contributed by atoms with E-state index in [0.29, 0.717) is 31.6 Å². The largest absolute Gasteiger partial charge is 0.458 e. The molecule has 13 atom stereocenters. The number of aliphatic hydroxyl groups excluding tert-OH is 1. The normalized spacial score (nSPS) is 35.9. The zero-order valence-electron chi connectivity index (χ0n) is 37.3. The van der Waals surface area contributed by atoms with E-state index in [1.165, 1.54) is 19.0 Å². The highest BCUT2D eigenvalue weighted by Gasteiger charge is 2.61. The Labute approximate surface area is 354 Å². The predicted molar refractivity (Wildman–Crippen MR) is 224 cm³/mol. The third-order valence-corrected chi connectivity index (χ3v) is 13.0. The van der Waals surface area contributed by atoms with Crippen LogP contribution in [0.2, 0.25) is 0 Å². The highest BCUT2D eigenvalue weighted by Crippen LogP contribution is 2.42. The van der Waals surface area contributed by atoms with Crippen molar-refractivity contribution in [3.8, 4) is 11.3 Å². The topological polar surface area (TPSA) is 197 Å². The van der Waals surface area contributed by atoms with Crippen molar-refractivity contribution >= 4 is 29.3 Å². The van der Waals surface area contributed by atoms with Crippen LogP contribution >= 0.6 is 0 Å². The lowest BCUT2D eigenvalue weighted by Gasteiger charge is -2.47. The van der Waals surface area contributed by atoms with Gasteiger partial charge >= 0.3 is 12.1 Å². The summed E-state index contributed by atoms with van der Waals surface area (Å²) in [5.41, 5.74) is 8.83. The monoisotopic (exact) mass is 840 g/mol. The number of nitrogens with one attached hydrogen (secondary N) is 1. The lowest BCUT2D eigenvalue weighted by atomic mass is 9.73. The molecule has 60 heavy (non-hydrogen) atoms. The number of amides is 1. The molecule has 3 aliphatic rings. The lowest BCUT2D eigenvalue weighted by molar-refractivity contribution is -0.295. The minimum Gasteiger partial charge on any atom is -0.458 e. The number of nitrogens with two attached hydrogens (primary N) is 1. The minimum absolute atomic E-state index is 0.112. The number of unbranched alkanes of at least 4 members (excludes halogenated alkanes) is 1. The number of carbonyl (C=O) groups is 4. The van der Waals surface area contributed by atoms with Crippen LogP contribution < -0.4 is 11.2 Å². The Morgan fingerprint density at radius 3 is 2.33 bits per heavy atom. The van der Waals surface area contributed by atoms with Crippen molar-refractivity contribution in [2.45, 2.75) is 148 Å². The van der Waals surface area contributed by atoms with Gasteiger partial charge in [-0.25, -0.2) is 20.2 Å². The standard InChI is InChI=1S/C44H68N6O10/c1-12-34-44(8)38(50(42(55)60-44)47-19-13-14-20-49-23-32(46-24-49)30-15-17-31(45)18-16-30)27(4)35(51)25(2)22-43(7,56-11)39(28(5)36(52)29(6)40(54)58-34)59-41-37(53)33(48(9)10)21-26(3)57-41/h15-18,23-29,33-34,37-39,41,47,53H,12-14,19-22,45H2,1-11H3/t25-,26-,27+,28+,29-,33+,34?,37-,38-,39-,41+,43-,44-/m1/s1. The van der Waals surface area contributed by atoms with E-state index in [-0.39, 0.29) is 30.8 Å². The van der Waals surface area contributed by atoms with Crippen molar-refractivity contribution in [1.82, 2.24) is 24.9 Å². The fraction of sp³-hybridized carbons (Fsp3) is 0.705. The van der Waals surface area contributed by atoms with Crippen LogP contribution in [-0.4, -0.2) is 130 Å². The van der Waals surface area contributed by atoms with Crippen molar-refractivity contribution in [1.29, 1.82) is 0 Å². The molecule has 1 unspecified atom stereocenters. The first-order valence-corrected chi connectivity index (χ1v) is 21.4. The van der Waals surface area contributed by atoms with Gasteiger partial charge in [0, 0.05) is 61.4 Å². The quantitative estimate of drug-likeness (QED) is 0.116. The number of esters is 1. The molecule has 2 aromatic rings. The van der Waals surface area contributed by atoms with Crippen LogP contribution in [0.1, 0.15) is 87.5 Å². The van der Waals surface area contributed by atoms with Crippen molar-refractivity contribution < 1.29 is 48.0 Å². The number of fused-ring (bicyclic) bond motifs is 1. The van der Waals surface area contributed by atoms with E-state index in [2.05, 4.69) is 10.4 Å². The number of hydrogen-bond acceptors (Lipinski definition) is 14. The molecule has 0 spiro atoms. The summed E-state index contributed by atoms with van der Waals surface area (Å²) < 4.78 is 33.1. The average Bonchev–Trinajstić information content (AvgIpc) is 3.79. The summed E-state index contributed by atoms with van der Waals surface area (Å²) in [6.07, 6.45) is 0.918. The molecule has 0 saturated carbocycles. The van der Waals surface area contributed by atoms with Gasteiger partial charge in [-0.05, 0) is 86.0 Å². The van der Waals surface area contributed by atoms with Crippen molar-refractivity contribution in [3.63, 3.8) is 0 Å². The van der Waals surface area contributed by atoms with E-state index in [1.807, 2.05) is 60.9 Å². The van der Waals surface area contributed by atoms with Gasteiger partial charge in [-0.3, -0.25) is 14.4 Å². The Morgan fingerprint density at radius 2 is 1.70 bits per heavy atom. The van der Waals surface area contributed by atoms with Crippen LogP contribution in [0.25, 0.3) is 11.3 Å². The number of anilines is 1. The summed E-state index contributed by atoms with van der Waals surface area (Å²) in [5.74, 6) is -5.12. The third-order valence-electron chi connectivity index (χ3n) is 13.0. The Bertz CT molecular complexity index is 1810. The molecule has 0 aliphatic carbocycles. The van der Waals surface area contributed by atoms with E-state index >= 15 is 0 Å². The van der Waals surface area contributed by atoms with Gasteiger partial charge in [0.1, 0.15) is 30.0 Å². The van der Waals surface area contributed by atoms with E-state index in [4.69, 9.17) is 29.4 Å². The molecule has 4 heterocycles. The van der Waals surface area contributed by atoms with Gasteiger partial charge in [-0.1, -0.05) is 39.8 Å². The summed E-state index contributed by atoms with van der Waals surface area (Å²) in [5, 5.41) is 12.8. The van der Waals surface area contributed by atoms with Gasteiger partial charge in [0.05, 0.1) is 29.8 Å². The van der Waals surface area contributed by atoms with Crippen LogP contribution in [0.5, 0.6) is 0 Å². The third kappa shape index (κ3) is 9.89. The van der Waals surface area contributed by atoms with Gasteiger partial charge in [-0.2, -0.15) is 0 Å². The molecule has 16 nitrogen and oxygen atoms in total. The minimum atomic E-state index is -1.46. The number of likely N-dealkylation sites (N-methyl/N-ethyl adjacent to an activating group) is 1. The molecular formula is C44H68N6O10. The summed E-state index contributed by atoms with van der Waals surface area (Å²) in [6, 6.07) is 6.36. The number of aryl methyl sites for hydroxylation is 1. The Hall–Kier alpha value is -3.93. The van der Waals surface area contributed by atoms with E-state index in [0.717, 1.165) is 17.7 Å². The molecule has 0 radical (unpaired) electrons. The number of nitrogens with zero attached hydrogens (tertiary/aromatic N) is 4. The van der Waals surface area contributed by atoms with Crippen molar-refractivity contribution in [2.24, 2.45) is 23.7 Å². The summed E-state index contributed by atoms with van der Waals surface area (Å²) >= 11 is 0. The van der Waals surface area contributed by atoms with Crippen molar-refractivity contribution in [3.05, 3.63) is 36.8 Å². The average molecular weight is 841 g/mol. The molecule has 3 fully saturated rings. The molecule has 4 N–H and O–H groups in total. The Kier molecular flexibility index (Phi) is 15.2. The number of ether oxygens (including phenoxy) is 5. The molecule has 3 saturated heterocycles. The first-order chi connectivity index (χ1) is 28.3. The molecule has 16 heteroatoms. The van der Waals surface area contributed by atoms with E-state index < -0.39 is 83.4 Å². The van der Waals surface area contributed by atoms with Crippen LogP contribution in [0.3, 0.4) is 0 Å². The highest BCUT2D eigenvalue weighted by molar-refractivity contribution is 6.00. The zero-order chi connectivity index (χ0) is 44.3. The highest BCUT2D eigenvalue weighted by atomic mass is 16.7. The van der Waals surface area contributed by atoms with Gasteiger partial charge in [0.2, 0.25) is 0 Å². The number of aliphatic hydroxyl groups is 1. The number of methoxy groups -OCH3 is 1. The number of rotatable bonds is 12. The number of hydrogen-bond donors (Lipinski definition) is 3. The van der Waals surface area contributed by atoms with Crippen molar-refractivity contribution in [2.75, 3.05) is 33.5 Å². The molecular weight excluding hydrogens is 773 g/mol. The van der Waals surface area contributed by atoms with Crippen LogP contribution in [0, 0.1) is 23.7 Å². The van der Waals surface area contributed by atoms with Crippen LogP contribution in [-0.2, 0) is 44.6 Å².